The molecule has 1 heterocycles. The highest BCUT2D eigenvalue weighted by Gasteiger charge is 2.37. The van der Waals surface area contributed by atoms with E-state index >= 15 is 0 Å². The fourth-order valence-corrected chi connectivity index (χ4v) is 5.90. The SMILES string of the molecule is CC1(C)c2ccccc2-c2ccc3c(c21)c1ccccc1c1[nH]c2ccccc2c31. The summed E-state index contributed by atoms with van der Waals surface area (Å²) in [6, 6.07) is 31.2. The molecule has 0 fully saturated rings. The maximum Gasteiger partial charge on any atom is 0.0551 e. The van der Waals surface area contributed by atoms with Crippen LogP contribution in [0.2, 0.25) is 0 Å². The Labute approximate surface area is 175 Å². The number of rotatable bonds is 0. The van der Waals surface area contributed by atoms with Crippen LogP contribution in [0.15, 0.2) is 84.9 Å². The zero-order chi connectivity index (χ0) is 20.0. The summed E-state index contributed by atoms with van der Waals surface area (Å²) in [6.45, 7) is 4.76. The Morgan fingerprint density at radius 2 is 1.27 bits per heavy atom. The Hall–Kier alpha value is -3.58. The summed E-state index contributed by atoms with van der Waals surface area (Å²) in [7, 11) is 0. The molecule has 7 rings (SSSR count). The summed E-state index contributed by atoms with van der Waals surface area (Å²) >= 11 is 0. The highest BCUT2D eigenvalue weighted by Crippen LogP contribution is 2.53. The lowest BCUT2D eigenvalue weighted by Gasteiger charge is -2.24. The minimum atomic E-state index is -0.0337. The molecular weight excluding hydrogens is 362 g/mol. The van der Waals surface area contributed by atoms with Gasteiger partial charge >= 0.3 is 0 Å². The van der Waals surface area contributed by atoms with Crippen molar-refractivity contribution in [2.45, 2.75) is 19.3 Å². The molecule has 1 aliphatic carbocycles. The molecule has 0 saturated carbocycles. The van der Waals surface area contributed by atoms with Gasteiger partial charge in [-0.3, -0.25) is 0 Å². The smallest absolute Gasteiger partial charge is 0.0551 e. The molecule has 1 heteroatoms. The van der Waals surface area contributed by atoms with Crippen LogP contribution in [0.5, 0.6) is 0 Å². The first-order valence-corrected chi connectivity index (χ1v) is 10.6. The number of para-hydroxylation sites is 1. The Kier molecular flexibility index (Phi) is 2.88. The van der Waals surface area contributed by atoms with Gasteiger partial charge in [-0.05, 0) is 44.5 Å². The van der Waals surface area contributed by atoms with Gasteiger partial charge in [0.25, 0.3) is 0 Å². The molecule has 0 bridgehead atoms. The molecular formula is C29H21N. The molecule has 30 heavy (non-hydrogen) atoms. The van der Waals surface area contributed by atoms with Gasteiger partial charge in [-0.25, -0.2) is 0 Å². The zero-order valence-electron chi connectivity index (χ0n) is 17.1. The largest absolute Gasteiger partial charge is 0.354 e. The van der Waals surface area contributed by atoms with E-state index in [2.05, 4.69) is 104 Å². The van der Waals surface area contributed by atoms with E-state index in [0.29, 0.717) is 0 Å². The molecule has 0 unspecified atom stereocenters. The van der Waals surface area contributed by atoms with Gasteiger partial charge in [0.15, 0.2) is 0 Å². The minimum Gasteiger partial charge on any atom is -0.354 e. The molecule has 1 aliphatic rings. The maximum absolute atomic E-state index is 3.72. The lowest BCUT2D eigenvalue weighted by atomic mass is 9.78. The van der Waals surface area contributed by atoms with Gasteiger partial charge in [0.1, 0.15) is 0 Å². The third-order valence-corrected chi connectivity index (χ3v) is 7.16. The lowest BCUT2D eigenvalue weighted by molar-refractivity contribution is 0.666. The van der Waals surface area contributed by atoms with Crippen molar-refractivity contribution in [3.8, 4) is 11.1 Å². The van der Waals surface area contributed by atoms with Crippen LogP contribution in [0.25, 0.3) is 54.5 Å². The number of H-pyrrole nitrogens is 1. The second-order valence-corrected chi connectivity index (χ2v) is 9.05. The lowest BCUT2D eigenvalue weighted by Crippen LogP contribution is -2.15. The quantitative estimate of drug-likeness (QED) is 0.256. The highest BCUT2D eigenvalue weighted by molar-refractivity contribution is 6.32. The van der Waals surface area contributed by atoms with Crippen molar-refractivity contribution in [1.29, 1.82) is 0 Å². The molecule has 142 valence electrons. The first-order valence-electron chi connectivity index (χ1n) is 10.6. The van der Waals surface area contributed by atoms with Crippen molar-refractivity contribution in [1.82, 2.24) is 4.98 Å². The van der Waals surface area contributed by atoms with E-state index in [4.69, 9.17) is 0 Å². The number of aromatic amines is 1. The van der Waals surface area contributed by atoms with E-state index < -0.39 is 0 Å². The molecule has 0 spiro atoms. The minimum absolute atomic E-state index is 0.0337. The van der Waals surface area contributed by atoms with E-state index in [9.17, 15) is 0 Å². The number of hydrogen-bond donors (Lipinski definition) is 1. The first-order chi connectivity index (χ1) is 14.7. The Morgan fingerprint density at radius 1 is 0.567 bits per heavy atom. The summed E-state index contributed by atoms with van der Waals surface area (Å²) < 4.78 is 0. The molecule has 1 nitrogen and oxygen atoms in total. The highest BCUT2D eigenvalue weighted by atomic mass is 14.7. The number of fused-ring (bicyclic) bond motifs is 12. The summed E-state index contributed by atoms with van der Waals surface area (Å²) in [4.78, 5) is 3.72. The van der Waals surface area contributed by atoms with E-state index in [1.807, 2.05) is 0 Å². The Bertz CT molecular complexity index is 1660. The average molecular weight is 383 g/mol. The van der Waals surface area contributed by atoms with E-state index in [1.165, 1.54) is 65.6 Å². The number of benzene rings is 5. The van der Waals surface area contributed by atoms with Crippen molar-refractivity contribution in [3.05, 3.63) is 96.1 Å². The normalized spacial score (nSPS) is 14.6. The van der Waals surface area contributed by atoms with Crippen LogP contribution in [-0.4, -0.2) is 4.98 Å². The molecule has 0 radical (unpaired) electrons. The standard InChI is InChI=1S/C29H21N/c1-29(2)23-13-7-5-9-17(23)19-15-16-22-25(27(19)29)18-10-3-4-11-20(18)28-26(22)21-12-6-8-14-24(21)30-28/h3-16,30H,1-2H3. The average Bonchev–Trinajstić information content (AvgIpc) is 3.28. The van der Waals surface area contributed by atoms with Crippen molar-refractivity contribution in [3.63, 3.8) is 0 Å². The monoisotopic (exact) mass is 383 g/mol. The van der Waals surface area contributed by atoms with Gasteiger partial charge in [0.05, 0.1) is 5.52 Å². The third kappa shape index (κ3) is 1.79. The maximum atomic E-state index is 3.72. The van der Waals surface area contributed by atoms with Gasteiger partial charge in [0.2, 0.25) is 0 Å². The summed E-state index contributed by atoms with van der Waals surface area (Å²) in [5.41, 5.74) is 8.06. The number of nitrogens with one attached hydrogen (secondary N) is 1. The van der Waals surface area contributed by atoms with Crippen LogP contribution in [-0.2, 0) is 5.41 Å². The van der Waals surface area contributed by atoms with Gasteiger partial charge < -0.3 is 4.98 Å². The summed E-state index contributed by atoms with van der Waals surface area (Å²) in [5.74, 6) is 0. The molecule has 0 aliphatic heterocycles. The van der Waals surface area contributed by atoms with Crippen LogP contribution < -0.4 is 0 Å². The van der Waals surface area contributed by atoms with Crippen molar-refractivity contribution in [2.75, 3.05) is 0 Å². The Morgan fingerprint density at radius 3 is 2.13 bits per heavy atom. The van der Waals surface area contributed by atoms with Crippen LogP contribution in [0.3, 0.4) is 0 Å². The Balaban J connectivity index is 1.81. The van der Waals surface area contributed by atoms with Crippen molar-refractivity contribution >= 4 is 43.4 Å². The third-order valence-electron chi connectivity index (χ3n) is 7.16. The second-order valence-electron chi connectivity index (χ2n) is 9.05. The fourth-order valence-electron chi connectivity index (χ4n) is 5.90. The molecule has 0 atom stereocenters. The van der Waals surface area contributed by atoms with Crippen LogP contribution in [0, 0.1) is 0 Å². The molecule has 1 N–H and O–H groups in total. The number of hydrogen-bond acceptors (Lipinski definition) is 0. The fraction of sp³-hybridized carbons (Fsp3) is 0.103. The van der Waals surface area contributed by atoms with E-state index in [-0.39, 0.29) is 5.41 Å². The molecule has 5 aromatic carbocycles. The molecule has 0 amide bonds. The van der Waals surface area contributed by atoms with E-state index in [1.54, 1.807) is 0 Å². The van der Waals surface area contributed by atoms with Crippen molar-refractivity contribution in [2.24, 2.45) is 0 Å². The topological polar surface area (TPSA) is 15.8 Å². The van der Waals surface area contributed by atoms with Gasteiger partial charge in [-0.1, -0.05) is 92.7 Å². The predicted octanol–water partition coefficient (Wildman–Crippen LogP) is 7.93. The van der Waals surface area contributed by atoms with Gasteiger partial charge in [0, 0.05) is 27.1 Å². The first kappa shape index (κ1) is 16.2. The zero-order valence-corrected chi connectivity index (χ0v) is 17.1. The summed E-state index contributed by atoms with van der Waals surface area (Å²) in [5, 5.41) is 8.04. The second kappa shape index (κ2) is 5.31. The van der Waals surface area contributed by atoms with E-state index in [0.717, 1.165) is 0 Å². The van der Waals surface area contributed by atoms with Crippen LogP contribution in [0.4, 0.5) is 0 Å². The van der Waals surface area contributed by atoms with Gasteiger partial charge in [-0.15, -0.1) is 0 Å². The van der Waals surface area contributed by atoms with Gasteiger partial charge in [-0.2, -0.15) is 0 Å². The van der Waals surface area contributed by atoms with Crippen LogP contribution >= 0.6 is 0 Å². The molecule has 1 aromatic heterocycles. The van der Waals surface area contributed by atoms with Crippen molar-refractivity contribution < 1.29 is 0 Å². The summed E-state index contributed by atoms with van der Waals surface area (Å²) in [6.07, 6.45) is 0. The van der Waals surface area contributed by atoms with Crippen LogP contribution in [0.1, 0.15) is 25.0 Å². The number of aromatic nitrogens is 1. The predicted molar refractivity (Wildman–Crippen MR) is 128 cm³/mol. The molecule has 6 aromatic rings. The molecule has 0 saturated heterocycles.